The summed E-state index contributed by atoms with van der Waals surface area (Å²) in [5, 5.41) is 8.39. The van der Waals surface area contributed by atoms with E-state index in [9.17, 15) is 4.79 Å². The molecule has 1 aliphatic rings. The van der Waals surface area contributed by atoms with Crippen LogP contribution in [0.15, 0.2) is 42.5 Å². The summed E-state index contributed by atoms with van der Waals surface area (Å²) in [5.74, 6) is 0.463. The molecular weight excluding hydrogens is 328 g/mol. The van der Waals surface area contributed by atoms with E-state index in [1.54, 1.807) is 4.52 Å². The molecule has 1 aromatic carbocycles. The summed E-state index contributed by atoms with van der Waals surface area (Å²) in [6.45, 7) is 0. The van der Waals surface area contributed by atoms with Crippen molar-refractivity contribution in [3.05, 3.63) is 42.5 Å². The van der Waals surface area contributed by atoms with Crippen molar-refractivity contribution in [1.29, 1.82) is 0 Å². The minimum Gasteiger partial charge on any atom is -0.399 e. The van der Waals surface area contributed by atoms with E-state index in [1.807, 2.05) is 43.4 Å². The van der Waals surface area contributed by atoms with E-state index in [0.717, 1.165) is 40.8 Å². The summed E-state index contributed by atoms with van der Waals surface area (Å²) < 4.78 is 3.87. The van der Waals surface area contributed by atoms with Crippen molar-refractivity contribution in [2.45, 2.75) is 12.8 Å². The molecule has 0 bridgehead atoms. The lowest BCUT2D eigenvalue weighted by atomic mass is 10.2. The Morgan fingerprint density at radius 1 is 1.19 bits per heavy atom. The molecule has 130 valence electrons. The van der Waals surface area contributed by atoms with Crippen LogP contribution in [0.25, 0.3) is 27.9 Å². The van der Waals surface area contributed by atoms with Gasteiger partial charge in [-0.2, -0.15) is 4.98 Å². The van der Waals surface area contributed by atoms with Crippen LogP contribution in [0.3, 0.4) is 0 Å². The minimum atomic E-state index is 0.00235. The molecule has 0 radical (unpaired) electrons. The number of aromatic nitrogens is 4. The van der Waals surface area contributed by atoms with E-state index < -0.39 is 0 Å². The van der Waals surface area contributed by atoms with Crippen molar-refractivity contribution in [3.63, 3.8) is 0 Å². The van der Waals surface area contributed by atoms with E-state index in [4.69, 9.17) is 5.73 Å². The molecule has 1 fully saturated rings. The van der Waals surface area contributed by atoms with E-state index in [0.29, 0.717) is 11.6 Å². The van der Waals surface area contributed by atoms with Crippen LogP contribution in [0, 0.1) is 5.92 Å². The Kier molecular flexibility index (Phi) is 3.06. The lowest BCUT2D eigenvalue weighted by Crippen LogP contribution is -2.14. The average molecular weight is 346 g/mol. The molecule has 0 aliphatic heterocycles. The van der Waals surface area contributed by atoms with Crippen LogP contribution in [0.4, 0.5) is 11.6 Å². The summed E-state index contributed by atoms with van der Waals surface area (Å²) in [4.78, 5) is 16.4. The standard InChI is InChI=1S/C19H18N6O/c1-24-14-8-7-13(20)9-12(14)10-16(24)15-3-2-4-17-21-19(23-25(15)17)22-18(26)11-5-6-11/h2-4,7-11H,5-6,20H2,1H3,(H,22,23,26). The van der Waals surface area contributed by atoms with Gasteiger partial charge in [-0.05, 0) is 49.2 Å². The minimum absolute atomic E-state index is 0.00235. The van der Waals surface area contributed by atoms with Crippen LogP contribution in [-0.4, -0.2) is 25.1 Å². The van der Waals surface area contributed by atoms with Crippen LogP contribution >= 0.6 is 0 Å². The van der Waals surface area contributed by atoms with Gasteiger partial charge in [0.05, 0.1) is 11.4 Å². The van der Waals surface area contributed by atoms with Gasteiger partial charge in [0.1, 0.15) is 0 Å². The van der Waals surface area contributed by atoms with Crippen molar-refractivity contribution in [3.8, 4) is 11.4 Å². The summed E-state index contributed by atoms with van der Waals surface area (Å²) >= 11 is 0. The summed E-state index contributed by atoms with van der Waals surface area (Å²) in [5.41, 5.74) is 10.3. The number of rotatable bonds is 3. The number of amides is 1. The summed E-state index contributed by atoms with van der Waals surface area (Å²) in [6, 6.07) is 13.8. The molecule has 4 aromatic rings. The van der Waals surface area contributed by atoms with Crippen LogP contribution in [0.1, 0.15) is 12.8 Å². The first-order valence-electron chi connectivity index (χ1n) is 8.62. The number of carbonyl (C=O) groups is 1. The molecule has 1 amide bonds. The third kappa shape index (κ3) is 2.32. The van der Waals surface area contributed by atoms with Crippen molar-refractivity contribution >= 4 is 34.1 Å². The zero-order valence-electron chi connectivity index (χ0n) is 14.3. The fourth-order valence-corrected chi connectivity index (χ4v) is 3.32. The average Bonchev–Trinajstić information content (AvgIpc) is 3.32. The fourth-order valence-electron chi connectivity index (χ4n) is 3.32. The van der Waals surface area contributed by atoms with Crippen molar-refractivity contribution in [2.24, 2.45) is 13.0 Å². The number of benzene rings is 1. The van der Waals surface area contributed by atoms with Gasteiger partial charge in [0.15, 0.2) is 5.65 Å². The Balaban J connectivity index is 1.63. The van der Waals surface area contributed by atoms with Crippen LogP contribution in [-0.2, 0) is 11.8 Å². The molecular formula is C19H18N6O. The fraction of sp³-hybridized carbons (Fsp3) is 0.211. The third-order valence-corrected chi connectivity index (χ3v) is 4.87. The number of nitrogens with one attached hydrogen (secondary N) is 1. The smallest absolute Gasteiger partial charge is 0.249 e. The predicted molar refractivity (Wildman–Crippen MR) is 101 cm³/mol. The van der Waals surface area contributed by atoms with E-state index >= 15 is 0 Å². The zero-order valence-corrected chi connectivity index (χ0v) is 14.3. The first kappa shape index (κ1) is 14.9. The number of nitrogen functional groups attached to an aromatic ring is 1. The Bertz CT molecular complexity index is 1170. The Labute approximate surface area is 149 Å². The molecule has 3 heterocycles. The number of pyridine rings is 1. The molecule has 3 aromatic heterocycles. The summed E-state index contributed by atoms with van der Waals surface area (Å²) in [6.07, 6.45) is 1.90. The molecule has 3 N–H and O–H groups in total. The second-order valence-electron chi connectivity index (χ2n) is 6.79. The number of anilines is 2. The van der Waals surface area contributed by atoms with Crippen molar-refractivity contribution < 1.29 is 4.79 Å². The number of hydrogen-bond donors (Lipinski definition) is 2. The lowest BCUT2D eigenvalue weighted by molar-refractivity contribution is -0.117. The van der Waals surface area contributed by atoms with Gasteiger partial charge in [0, 0.05) is 29.6 Å². The highest BCUT2D eigenvalue weighted by Gasteiger charge is 2.30. The van der Waals surface area contributed by atoms with E-state index in [-0.39, 0.29) is 11.8 Å². The number of hydrogen-bond acceptors (Lipinski definition) is 4. The maximum absolute atomic E-state index is 12.0. The maximum atomic E-state index is 12.0. The van der Waals surface area contributed by atoms with Gasteiger partial charge in [-0.25, -0.2) is 4.52 Å². The highest BCUT2D eigenvalue weighted by atomic mass is 16.2. The molecule has 0 unspecified atom stereocenters. The Morgan fingerprint density at radius 3 is 2.85 bits per heavy atom. The Morgan fingerprint density at radius 2 is 2.04 bits per heavy atom. The number of fused-ring (bicyclic) bond motifs is 2. The molecule has 1 aliphatic carbocycles. The van der Waals surface area contributed by atoms with Gasteiger partial charge < -0.3 is 10.3 Å². The molecule has 7 heteroatoms. The van der Waals surface area contributed by atoms with Crippen LogP contribution in [0.5, 0.6) is 0 Å². The molecule has 5 rings (SSSR count). The lowest BCUT2D eigenvalue weighted by Gasteiger charge is -2.06. The normalized spacial score (nSPS) is 14.2. The Hall–Kier alpha value is -3.35. The van der Waals surface area contributed by atoms with Crippen molar-refractivity contribution in [2.75, 3.05) is 11.1 Å². The number of aryl methyl sites for hydroxylation is 1. The first-order valence-corrected chi connectivity index (χ1v) is 8.62. The second kappa shape index (κ2) is 5.32. The first-order chi connectivity index (χ1) is 12.6. The molecule has 26 heavy (non-hydrogen) atoms. The molecule has 1 saturated carbocycles. The largest absolute Gasteiger partial charge is 0.399 e. The molecule has 0 atom stereocenters. The zero-order chi connectivity index (χ0) is 17.8. The molecule has 0 spiro atoms. The molecule has 0 saturated heterocycles. The van der Waals surface area contributed by atoms with Crippen LogP contribution < -0.4 is 11.1 Å². The van der Waals surface area contributed by atoms with Gasteiger partial charge in [-0.1, -0.05) is 6.07 Å². The number of nitrogens with zero attached hydrogens (tertiary/aromatic N) is 4. The topological polar surface area (TPSA) is 90.2 Å². The van der Waals surface area contributed by atoms with E-state index in [1.165, 1.54) is 0 Å². The van der Waals surface area contributed by atoms with E-state index in [2.05, 4.69) is 26.0 Å². The van der Waals surface area contributed by atoms with Gasteiger partial charge in [-0.15, -0.1) is 5.10 Å². The summed E-state index contributed by atoms with van der Waals surface area (Å²) in [7, 11) is 2.01. The molecule has 7 nitrogen and oxygen atoms in total. The highest BCUT2D eigenvalue weighted by Crippen LogP contribution is 2.31. The van der Waals surface area contributed by atoms with Gasteiger partial charge in [0.25, 0.3) is 0 Å². The maximum Gasteiger partial charge on any atom is 0.249 e. The predicted octanol–water partition coefficient (Wildman–Crippen LogP) is 2.82. The number of nitrogens with two attached hydrogens (primary N) is 1. The monoisotopic (exact) mass is 346 g/mol. The quantitative estimate of drug-likeness (QED) is 0.558. The van der Waals surface area contributed by atoms with Gasteiger partial charge in [-0.3, -0.25) is 10.1 Å². The van der Waals surface area contributed by atoms with Gasteiger partial charge in [0.2, 0.25) is 11.9 Å². The van der Waals surface area contributed by atoms with Crippen molar-refractivity contribution in [1.82, 2.24) is 19.2 Å². The highest BCUT2D eigenvalue weighted by molar-refractivity contribution is 5.93. The third-order valence-electron chi connectivity index (χ3n) is 4.87. The van der Waals surface area contributed by atoms with Crippen LogP contribution in [0.2, 0.25) is 0 Å². The van der Waals surface area contributed by atoms with Gasteiger partial charge >= 0.3 is 0 Å². The SMILES string of the molecule is Cn1c(-c2cccc3nc(NC(=O)C4CC4)nn23)cc2cc(N)ccc21. The number of carbonyl (C=O) groups excluding carboxylic acids is 1. The second-order valence-corrected chi connectivity index (χ2v) is 6.79.